The van der Waals surface area contributed by atoms with Gasteiger partial charge in [0.05, 0.1) is 18.2 Å². The van der Waals surface area contributed by atoms with Gasteiger partial charge in [-0.15, -0.1) is 0 Å². The van der Waals surface area contributed by atoms with Crippen molar-refractivity contribution in [3.05, 3.63) is 94.0 Å². The molecule has 1 N–H and O–H groups in total. The molecule has 0 radical (unpaired) electrons. The number of aryl methyl sites for hydroxylation is 2. The average molecular weight is 500 g/mol. The molecule has 0 bridgehead atoms. The molecule has 0 aliphatic heterocycles. The number of amides is 1. The smallest absolute Gasteiger partial charge is 0.260 e. The van der Waals surface area contributed by atoms with Crippen molar-refractivity contribution in [3.63, 3.8) is 0 Å². The number of halogens is 1. The summed E-state index contributed by atoms with van der Waals surface area (Å²) in [5, 5.41) is 4.62. The van der Waals surface area contributed by atoms with E-state index < -0.39 is 15.9 Å². The minimum Gasteiger partial charge on any atom is -0.489 e. The summed E-state index contributed by atoms with van der Waals surface area (Å²) < 4.78 is 31.5. The fourth-order valence-corrected chi connectivity index (χ4v) is 4.40. The lowest BCUT2D eigenvalue weighted by Crippen LogP contribution is -2.39. The molecule has 0 saturated carbocycles. The van der Waals surface area contributed by atoms with Gasteiger partial charge in [-0.05, 0) is 72.5 Å². The van der Waals surface area contributed by atoms with Crippen LogP contribution in [0.2, 0.25) is 5.02 Å². The fourth-order valence-electron chi connectivity index (χ4n) is 3.30. The van der Waals surface area contributed by atoms with Gasteiger partial charge < -0.3 is 4.74 Å². The van der Waals surface area contributed by atoms with Crippen molar-refractivity contribution in [2.45, 2.75) is 20.5 Å². The first-order valence-electron chi connectivity index (χ1n) is 10.5. The lowest BCUT2D eigenvalue weighted by Gasteiger charge is -2.25. The van der Waals surface area contributed by atoms with Gasteiger partial charge in [-0.2, -0.15) is 5.10 Å². The van der Waals surface area contributed by atoms with E-state index in [4.69, 9.17) is 16.3 Å². The van der Waals surface area contributed by atoms with Crippen molar-refractivity contribution in [1.82, 2.24) is 5.43 Å². The summed E-state index contributed by atoms with van der Waals surface area (Å²) >= 11 is 5.88. The van der Waals surface area contributed by atoms with Gasteiger partial charge >= 0.3 is 0 Å². The number of hydrogen-bond donors (Lipinski definition) is 1. The topological polar surface area (TPSA) is 88.1 Å². The standard InChI is InChI=1S/C25H26ClN3O4S/c1-18-5-4-6-19(2)25(18)29(34(3,31)32)16-24(30)28-27-15-20-9-13-23(14-10-20)33-17-21-7-11-22(26)12-8-21/h4-15H,16-17H2,1-3H3,(H,28,30)/b27-15-. The molecule has 0 aliphatic carbocycles. The van der Waals surface area contributed by atoms with Crippen LogP contribution in [-0.2, 0) is 21.4 Å². The Morgan fingerprint density at radius 3 is 2.24 bits per heavy atom. The van der Waals surface area contributed by atoms with Gasteiger partial charge in [0.1, 0.15) is 18.9 Å². The van der Waals surface area contributed by atoms with Crippen LogP contribution in [0.15, 0.2) is 71.8 Å². The lowest BCUT2D eigenvalue weighted by atomic mass is 10.1. The number of rotatable bonds is 9. The molecule has 3 aromatic carbocycles. The van der Waals surface area contributed by atoms with E-state index in [1.165, 1.54) is 6.21 Å². The number of hydrogen-bond acceptors (Lipinski definition) is 5. The highest BCUT2D eigenvalue weighted by atomic mass is 35.5. The van der Waals surface area contributed by atoms with Gasteiger partial charge in [-0.3, -0.25) is 9.10 Å². The molecule has 0 unspecified atom stereocenters. The Balaban J connectivity index is 1.57. The van der Waals surface area contributed by atoms with Crippen LogP contribution in [0.3, 0.4) is 0 Å². The maximum absolute atomic E-state index is 12.4. The SMILES string of the molecule is Cc1cccc(C)c1N(CC(=O)N/N=C\c1ccc(OCc2ccc(Cl)cc2)cc1)S(C)(=O)=O. The summed E-state index contributed by atoms with van der Waals surface area (Å²) in [6, 6.07) is 20.1. The number of para-hydroxylation sites is 1. The summed E-state index contributed by atoms with van der Waals surface area (Å²) in [4.78, 5) is 12.4. The van der Waals surface area contributed by atoms with E-state index in [1.807, 2.05) is 30.3 Å². The van der Waals surface area contributed by atoms with Gasteiger partial charge in [0, 0.05) is 5.02 Å². The van der Waals surface area contributed by atoms with Crippen LogP contribution < -0.4 is 14.5 Å². The molecule has 9 heteroatoms. The Labute approximate surface area is 205 Å². The second-order valence-electron chi connectivity index (χ2n) is 7.79. The fraction of sp³-hybridized carbons (Fsp3) is 0.200. The Morgan fingerprint density at radius 2 is 1.65 bits per heavy atom. The van der Waals surface area contributed by atoms with E-state index in [0.717, 1.165) is 32.8 Å². The first-order chi connectivity index (χ1) is 16.1. The molecule has 0 aromatic heterocycles. The maximum atomic E-state index is 12.4. The number of hydrazone groups is 1. The number of benzene rings is 3. The van der Waals surface area contributed by atoms with Crippen LogP contribution in [0.1, 0.15) is 22.3 Å². The molecular weight excluding hydrogens is 474 g/mol. The largest absolute Gasteiger partial charge is 0.489 e. The summed E-state index contributed by atoms with van der Waals surface area (Å²) in [7, 11) is -3.67. The summed E-state index contributed by atoms with van der Waals surface area (Å²) in [5.74, 6) is 0.140. The van der Waals surface area contributed by atoms with Crippen LogP contribution in [0.25, 0.3) is 0 Å². The second kappa shape index (κ2) is 11.2. The van der Waals surface area contributed by atoms with Crippen LogP contribution in [-0.4, -0.2) is 33.3 Å². The molecule has 34 heavy (non-hydrogen) atoms. The molecule has 0 fully saturated rings. The average Bonchev–Trinajstić information content (AvgIpc) is 2.78. The molecule has 3 rings (SSSR count). The van der Waals surface area contributed by atoms with Gasteiger partial charge in [0.15, 0.2) is 0 Å². The quantitative estimate of drug-likeness (QED) is 0.348. The third-order valence-corrected chi connectivity index (χ3v) is 6.34. The predicted molar refractivity (Wildman–Crippen MR) is 136 cm³/mol. The van der Waals surface area contributed by atoms with Crippen LogP contribution in [0.5, 0.6) is 5.75 Å². The lowest BCUT2D eigenvalue weighted by molar-refractivity contribution is -0.119. The minimum atomic E-state index is -3.67. The number of sulfonamides is 1. The summed E-state index contributed by atoms with van der Waals surface area (Å²) in [5.41, 5.74) is 6.16. The molecule has 0 spiro atoms. The zero-order valence-corrected chi connectivity index (χ0v) is 20.7. The van der Waals surface area contributed by atoms with Crippen molar-refractivity contribution in [2.24, 2.45) is 5.10 Å². The number of carbonyl (C=O) groups excluding carboxylic acids is 1. The highest BCUT2D eigenvalue weighted by molar-refractivity contribution is 7.92. The van der Waals surface area contributed by atoms with Crippen LogP contribution >= 0.6 is 11.6 Å². The number of carbonyl (C=O) groups is 1. The van der Waals surface area contributed by atoms with E-state index >= 15 is 0 Å². The molecule has 0 atom stereocenters. The van der Waals surface area contributed by atoms with E-state index in [-0.39, 0.29) is 6.54 Å². The molecule has 0 aliphatic rings. The molecule has 3 aromatic rings. The Morgan fingerprint density at radius 1 is 1.03 bits per heavy atom. The first kappa shape index (κ1) is 25.3. The summed E-state index contributed by atoms with van der Waals surface area (Å²) in [6.07, 6.45) is 2.55. The van der Waals surface area contributed by atoms with E-state index in [0.29, 0.717) is 23.1 Å². The highest BCUT2D eigenvalue weighted by Gasteiger charge is 2.23. The normalized spacial score (nSPS) is 11.4. The van der Waals surface area contributed by atoms with Crippen molar-refractivity contribution in [1.29, 1.82) is 0 Å². The van der Waals surface area contributed by atoms with Gasteiger partial charge in [0.25, 0.3) is 5.91 Å². The predicted octanol–water partition coefficient (Wildman–Crippen LogP) is 4.45. The number of anilines is 1. The molecule has 0 saturated heterocycles. The molecule has 1 amide bonds. The van der Waals surface area contributed by atoms with Gasteiger partial charge in [0.2, 0.25) is 10.0 Å². The van der Waals surface area contributed by atoms with Crippen LogP contribution in [0, 0.1) is 13.8 Å². The molecule has 0 heterocycles. The van der Waals surface area contributed by atoms with Crippen molar-refractivity contribution >= 4 is 39.4 Å². The Kier molecular flexibility index (Phi) is 8.31. The third-order valence-electron chi connectivity index (χ3n) is 4.98. The van der Waals surface area contributed by atoms with Crippen molar-refractivity contribution in [3.8, 4) is 5.75 Å². The molecular formula is C25H26ClN3O4S. The molecule has 7 nitrogen and oxygen atoms in total. The maximum Gasteiger partial charge on any atom is 0.260 e. The van der Waals surface area contributed by atoms with Crippen molar-refractivity contribution < 1.29 is 17.9 Å². The second-order valence-corrected chi connectivity index (χ2v) is 10.1. The van der Waals surface area contributed by atoms with Crippen molar-refractivity contribution in [2.75, 3.05) is 17.1 Å². The summed E-state index contributed by atoms with van der Waals surface area (Å²) in [6.45, 7) is 3.65. The van der Waals surface area contributed by atoms with Gasteiger partial charge in [-0.25, -0.2) is 13.8 Å². The third kappa shape index (κ3) is 7.07. The van der Waals surface area contributed by atoms with E-state index in [1.54, 1.807) is 50.2 Å². The minimum absolute atomic E-state index is 0.376. The van der Waals surface area contributed by atoms with E-state index in [9.17, 15) is 13.2 Å². The number of ether oxygens (including phenoxy) is 1. The number of nitrogens with zero attached hydrogens (tertiary/aromatic N) is 2. The Bertz CT molecular complexity index is 1250. The first-order valence-corrected chi connectivity index (χ1v) is 12.7. The Hall–Kier alpha value is -3.36. The van der Waals surface area contributed by atoms with Crippen LogP contribution in [0.4, 0.5) is 5.69 Å². The monoisotopic (exact) mass is 499 g/mol. The van der Waals surface area contributed by atoms with E-state index in [2.05, 4.69) is 10.5 Å². The van der Waals surface area contributed by atoms with Gasteiger partial charge in [-0.1, -0.05) is 41.9 Å². The zero-order chi connectivity index (χ0) is 24.7. The highest BCUT2D eigenvalue weighted by Crippen LogP contribution is 2.26. The number of nitrogens with one attached hydrogen (secondary N) is 1. The molecule has 178 valence electrons. The zero-order valence-electron chi connectivity index (χ0n) is 19.2.